The van der Waals surface area contributed by atoms with Crippen LogP contribution in [0.4, 0.5) is 5.82 Å². The fourth-order valence-corrected chi connectivity index (χ4v) is 4.00. The number of hydrogen-bond donors (Lipinski definition) is 2. The molecule has 1 saturated carbocycles. The molecule has 0 spiro atoms. The quantitative estimate of drug-likeness (QED) is 0.411. The number of imidazole rings is 1. The summed E-state index contributed by atoms with van der Waals surface area (Å²) < 4.78 is 2.01. The highest BCUT2D eigenvalue weighted by atomic mass is 16.3. The van der Waals surface area contributed by atoms with Crippen molar-refractivity contribution >= 4 is 28.3 Å². The van der Waals surface area contributed by atoms with Crippen LogP contribution < -0.4 is 5.32 Å². The van der Waals surface area contributed by atoms with Crippen LogP contribution in [0.5, 0.6) is 0 Å². The lowest BCUT2D eigenvalue weighted by molar-refractivity contribution is -0.117. The second-order valence-corrected chi connectivity index (χ2v) is 8.30. The molecule has 4 heterocycles. The lowest BCUT2D eigenvalue weighted by atomic mass is 10.00. The Balaban J connectivity index is 0.00000126. The van der Waals surface area contributed by atoms with Gasteiger partial charge in [-0.2, -0.15) is 0 Å². The third kappa shape index (κ3) is 4.59. The summed E-state index contributed by atoms with van der Waals surface area (Å²) in [6.45, 7) is 8.07. The molecule has 4 aromatic rings. The number of carbonyl (C=O) groups excluding carboxylic acids is 1. The fraction of sp³-hybridized carbons (Fsp3) is 0.385. The lowest BCUT2D eigenvalue weighted by Gasteiger charge is -2.14. The summed E-state index contributed by atoms with van der Waals surface area (Å²) in [5.74, 6) is 0.721. The van der Waals surface area contributed by atoms with Gasteiger partial charge < -0.3 is 10.4 Å². The van der Waals surface area contributed by atoms with Gasteiger partial charge in [0.05, 0.1) is 17.3 Å². The lowest BCUT2D eigenvalue weighted by Crippen LogP contribution is -2.14. The van der Waals surface area contributed by atoms with Crippen molar-refractivity contribution in [2.75, 3.05) is 5.32 Å². The van der Waals surface area contributed by atoms with Crippen molar-refractivity contribution < 1.29 is 9.90 Å². The first-order valence-corrected chi connectivity index (χ1v) is 11.8. The molecular weight excluding hydrogens is 414 g/mol. The first-order chi connectivity index (χ1) is 16.0. The van der Waals surface area contributed by atoms with E-state index in [1.807, 2.05) is 56.6 Å². The number of aryl methyl sites for hydroxylation is 1. The Morgan fingerprint density at radius 1 is 1.15 bits per heavy atom. The monoisotopic (exact) mass is 445 g/mol. The molecule has 172 valence electrons. The van der Waals surface area contributed by atoms with Crippen molar-refractivity contribution in [1.29, 1.82) is 0 Å². The van der Waals surface area contributed by atoms with Crippen molar-refractivity contribution in [3.63, 3.8) is 0 Å². The zero-order valence-electron chi connectivity index (χ0n) is 19.7. The van der Waals surface area contributed by atoms with E-state index in [4.69, 9.17) is 0 Å². The predicted molar refractivity (Wildman–Crippen MR) is 131 cm³/mol. The maximum absolute atomic E-state index is 12.1. The molecule has 1 amide bonds. The minimum absolute atomic E-state index is 0.0393. The summed E-state index contributed by atoms with van der Waals surface area (Å²) >= 11 is 0. The molecule has 5 rings (SSSR count). The highest BCUT2D eigenvalue weighted by molar-refractivity contribution is 5.96. The second-order valence-electron chi connectivity index (χ2n) is 8.30. The molecule has 7 nitrogen and oxygen atoms in total. The molecule has 1 aliphatic rings. The molecule has 0 bridgehead atoms. The van der Waals surface area contributed by atoms with Crippen LogP contribution in [0.3, 0.4) is 0 Å². The summed E-state index contributed by atoms with van der Waals surface area (Å²) in [7, 11) is 0. The van der Waals surface area contributed by atoms with E-state index < -0.39 is 6.10 Å². The molecule has 7 heteroatoms. The largest absolute Gasteiger partial charge is 0.387 e. The van der Waals surface area contributed by atoms with Gasteiger partial charge in [0.1, 0.15) is 11.5 Å². The highest BCUT2D eigenvalue weighted by Crippen LogP contribution is 2.33. The van der Waals surface area contributed by atoms with E-state index in [0.29, 0.717) is 17.9 Å². The van der Waals surface area contributed by atoms with Crippen molar-refractivity contribution in [2.45, 2.75) is 59.5 Å². The van der Waals surface area contributed by atoms with E-state index in [9.17, 15) is 9.90 Å². The molecule has 1 aliphatic carbocycles. The number of pyridine rings is 3. The molecule has 33 heavy (non-hydrogen) atoms. The van der Waals surface area contributed by atoms with Crippen molar-refractivity contribution in [2.24, 2.45) is 5.92 Å². The number of rotatable bonds is 6. The molecule has 0 saturated heterocycles. The minimum Gasteiger partial charge on any atom is -0.387 e. The van der Waals surface area contributed by atoms with Crippen molar-refractivity contribution in [3.8, 4) is 11.1 Å². The van der Waals surface area contributed by atoms with E-state index in [0.717, 1.165) is 52.5 Å². The van der Waals surface area contributed by atoms with Crippen LogP contribution in [0, 0.1) is 12.8 Å². The van der Waals surface area contributed by atoms with Gasteiger partial charge in [-0.05, 0) is 43.9 Å². The smallest absolute Gasteiger partial charge is 0.228 e. The molecule has 0 radical (unpaired) electrons. The first-order valence-electron chi connectivity index (χ1n) is 11.8. The number of nitrogens with zero attached hydrogens (tertiary/aromatic N) is 4. The topological polar surface area (TPSA) is 92.4 Å². The second kappa shape index (κ2) is 9.67. The molecule has 2 N–H and O–H groups in total. The van der Waals surface area contributed by atoms with Gasteiger partial charge in [-0.1, -0.05) is 27.2 Å². The van der Waals surface area contributed by atoms with Crippen LogP contribution in [0.2, 0.25) is 0 Å². The van der Waals surface area contributed by atoms with Gasteiger partial charge >= 0.3 is 0 Å². The maximum Gasteiger partial charge on any atom is 0.228 e. The number of amides is 1. The molecular formula is C26H31N5O2. The standard InChI is InChI=1S/C24H25N5O2.C2H6/c1-3-4-21(30)19-9-14(2)18(13-26-19)17-10-16-12-27-22(28-24(31)15-5-6-15)11-20(16)29-8-7-25-23(17)29;1-2/h7-13,15,21,30H,3-6H2,1-2H3,(H,27,28,31);1-2H3. The zero-order chi connectivity index (χ0) is 23.5. The Morgan fingerprint density at radius 3 is 2.64 bits per heavy atom. The number of carbonyl (C=O) groups is 1. The van der Waals surface area contributed by atoms with Gasteiger partial charge in [-0.3, -0.25) is 14.2 Å². The van der Waals surface area contributed by atoms with Gasteiger partial charge in [0.25, 0.3) is 0 Å². The summed E-state index contributed by atoms with van der Waals surface area (Å²) in [6.07, 6.45) is 10.2. The average molecular weight is 446 g/mol. The number of nitrogens with one attached hydrogen (secondary N) is 1. The number of aliphatic hydroxyl groups excluding tert-OH is 1. The Morgan fingerprint density at radius 2 is 1.94 bits per heavy atom. The van der Waals surface area contributed by atoms with Gasteiger partial charge in [0, 0.05) is 53.3 Å². The third-order valence-corrected chi connectivity index (χ3v) is 5.88. The van der Waals surface area contributed by atoms with Crippen LogP contribution in [-0.2, 0) is 4.79 Å². The van der Waals surface area contributed by atoms with Crippen LogP contribution in [0.25, 0.3) is 27.7 Å². The SMILES string of the molecule is CC.CCCC(O)c1cc(C)c(-c2cc3cnc(NC(=O)C4CC4)cc3n3ccnc23)cn1. The molecule has 1 atom stereocenters. The van der Waals surface area contributed by atoms with Gasteiger partial charge in [-0.15, -0.1) is 0 Å². The molecule has 0 aromatic carbocycles. The molecule has 0 aliphatic heterocycles. The maximum atomic E-state index is 12.1. The van der Waals surface area contributed by atoms with E-state index in [2.05, 4.69) is 26.3 Å². The molecule has 1 fully saturated rings. The van der Waals surface area contributed by atoms with Crippen LogP contribution in [0.15, 0.2) is 43.0 Å². The summed E-state index contributed by atoms with van der Waals surface area (Å²) in [5, 5.41) is 14.2. The van der Waals surface area contributed by atoms with Gasteiger partial charge in [0.2, 0.25) is 5.91 Å². The van der Waals surface area contributed by atoms with E-state index in [-0.39, 0.29) is 11.8 Å². The average Bonchev–Trinajstić information content (AvgIpc) is 3.56. The van der Waals surface area contributed by atoms with E-state index >= 15 is 0 Å². The minimum atomic E-state index is -0.547. The zero-order valence-corrected chi connectivity index (χ0v) is 19.7. The van der Waals surface area contributed by atoms with Crippen molar-refractivity contribution in [1.82, 2.24) is 19.4 Å². The summed E-state index contributed by atoms with van der Waals surface area (Å²) in [6, 6.07) is 5.90. The Hall–Kier alpha value is -3.32. The summed E-state index contributed by atoms with van der Waals surface area (Å²) in [4.78, 5) is 25.7. The number of aromatic nitrogens is 4. The fourth-order valence-electron chi connectivity index (χ4n) is 4.00. The van der Waals surface area contributed by atoms with Crippen LogP contribution >= 0.6 is 0 Å². The van der Waals surface area contributed by atoms with Crippen LogP contribution in [0.1, 0.15) is 63.8 Å². The number of hydrogen-bond acceptors (Lipinski definition) is 5. The van der Waals surface area contributed by atoms with E-state index in [1.165, 1.54) is 0 Å². The van der Waals surface area contributed by atoms with E-state index in [1.54, 1.807) is 12.4 Å². The van der Waals surface area contributed by atoms with Gasteiger partial charge in [-0.25, -0.2) is 9.97 Å². The van der Waals surface area contributed by atoms with Gasteiger partial charge in [0.15, 0.2) is 0 Å². The first kappa shape index (κ1) is 22.9. The summed E-state index contributed by atoms with van der Waals surface area (Å²) in [5.41, 5.74) is 5.39. The van der Waals surface area contributed by atoms with Crippen LogP contribution in [-0.4, -0.2) is 30.4 Å². The normalized spacial score (nSPS) is 14.1. The Kier molecular flexibility index (Phi) is 6.70. The highest BCUT2D eigenvalue weighted by Gasteiger charge is 2.29. The number of fused-ring (bicyclic) bond motifs is 3. The van der Waals surface area contributed by atoms with Crippen molar-refractivity contribution in [3.05, 3.63) is 54.2 Å². The third-order valence-electron chi connectivity index (χ3n) is 5.88. The number of aliphatic hydroxyl groups is 1. The number of anilines is 1. The Bertz CT molecular complexity index is 1290. The Labute approximate surface area is 193 Å². The molecule has 1 unspecified atom stereocenters. The predicted octanol–water partition coefficient (Wildman–Crippen LogP) is 5.46. The molecule has 4 aromatic heterocycles.